The van der Waals surface area contributed by atoms with Crippen LogP contribution in [0.1, 0.15) is 18.9 Å². The van der Waals surface area contributed by atoms with Crippen molar-refractivity contribution in [3.8, 4) is 0 Å². The number of hydrogen-bond donors (Lipinski definition) is 3. The molecule has 2 unspecified atom stereocenters. The summed E-state index contributed by atoms with van der Waals surface area (Å²) < 4.78 is 23.0. The van der Waals surface area contributed by atoms with Crippen LogP contribution in [0.15, 0.2) is 35.3 Å². The van der Waals surface area contributed by atoms with Gasteiger partial charge in [0.05, 0.1) is 24.2 Å². The highest BCUT2D eigenvalue weighted by molar-refractivity contribution is 7.91. The summed E-state index contributed by atoms with van der Waals surface area (Å²) in [6, 6.07) is 9.66. The van der Waals surface area contributed by atoms with Crippen molar-refractivity contribution >= 4 is 15.8 Å². The lowest BCUT2D eigenvalue weighted by molar-refractivity contribution is 0.183. The van der Waals surface area contributed by atoms with Gasteiger partial charge in [-0.15, -0.1) is 0 Å². The van der Waals surface area contributed by atoms with E-state index in [9.17, 15) is 13.5 Å². The maximum atomic E-state index is 11.5. The highest BCUT2D eigenvalue weighted by atomic mass is 32.2. The standard InChI is InChI=1S/C16H25N3O3S/c1-2-17-16(19-14-8-9-23(21,22)12-14)18-11-15(20)10-13-6-4-3-5-7-13/h3-7,14-15,20H,2,8-12H2,1H3,(H2,17,18,19). The molecule has 128 valence electrons. The fourth-order valence-corrected chi connectivity index (χ4v) is 4.24. The smallest absolute Gasteiger partial charge is 0.191 e. The fourth-order valence-electron chi connectivity index (χ4n) is 2.57. The van der Waals surface area contributed by atoms with Gasteiger partial charge in [0, 0.05) is 19.0 Å². The second-order valence-corrected chi connectivity index (χ2v) is 8.04. The van der Waals surface area contributed by atoms with Crippen LogP contribution in [0.2, 0.25) is 0 Å². The maximum absolute atomic E-state index is 11.5. The van der Waals surface area contributed by atoms with Gasteiger partial charge < -0.3 is 15.7 Å². The van der Waals surface area contributed by atoms with Crippen molar-refractivity contribution in [3.63, 3.8) is 0 Å². The summed E-state index contributed by atoms with van der Waals surface area (Å²) in [4.78, 5) is 4.37. The Morgan fingerprint density at radius 2 is 2.13 bits per heavy atom. The van der Waals surface area contributed by atoms with Crippen molar-refractivity contribution in [3.05, 3.63) is 35.9 Å². The molecular weight excluding hydrogens is 314 g/mol. The first-order chi connectivity index (χ1) is 11.0. The summed E-state index contributed by atoms with van der Waals surface area (Å²) in [6.07, 6.45) is 0.570. The molecule has 0 aromatic heterocycles. The molecule has 2 atom stereocenters. The second-order valence-electron chi connectivity index (χ2n) is 5.81. The van der Waals surface area contributed by atoms with Crippen LogP contribution in [-0.4, -0.2) is 56.2 Å². The van der Waals surface area contributed by atoms with Gasteiger partial charge >= 0.3 is 0 Å². The molecule has 23 heavy (non-hydrogen) atoms. The first-order valence-electron chi connectivity index (χ1n) is 7.96. The first kappa shape index (κ1) is 17.7. The Bertz CT molecular complexity index is 617. The first-order valence-corrected chi connectivity index (χ1v) is 9.78. The number of nitrogens with one attached hydrogen (secondary N) is 2. The van der Waals surface area contributed by atoms with Crippen LogP contribution in [-0.2, 0) is 16.3 Å². The molecule has 3 N–H and O–H groups in total. The van der Waals surface area contributed by atoms with Gasteiger partial charge in [0.15, 0.2) is 15.8 Å². The third kappa shape index (κ3) is 6.19. The highest BCUT2D eigenvalue weighted by Gasteiger charge is 2.28. The molecule has 0 bridgehead atoms. The van der Waals surface area contributed by atoms with Crippen LogP contribution < -0.4 is 10.6 Å². The minimum Gasteiger partial charge on any atom is -0.391 e. The third-order valence-corrected chi connectivity index (χ3v) is 5.46. The minimum absolute atomic E-state index is 0.107. The quantitative estimate of drug-likeness (QED) is 0.513. The SMILES string of the molecule is CCNC(=NCC(O)Cc1ccccc1)NC1CCS(=O)(=O)C1. The van der Waals surface area contributed by atoms with Gasteiger partial charge in [-0.05, 0) is 18.9 Å². The number of aliphatic hydroxyl groups is 1. The van der Waals surface area contributed by atoms with Gasteiger partial charge in [0.2, 0.25) is 0 Å². The molecule has 1 fully saturated rings. The van der Waals surface area contributed by atoms with Crippen molar-refractivity contribution in [1.29, 1.82) is 0 Å². The van der Waals surface area contributed by atoms with Gasteiger partial charge in [-0.25, -0.2) is 8.42 Å². The normalized spacial score (nSPS) is 21.8. The molecule has 0 aliphatic carbocycles. The summed E-state index contributed by atoms with van der Waals surface area (Å²) in [5, 5.41) is 16.3. The number of rotatable bonds is 6. The number of guanidine groups is 1. The second kappa shape index (κ2) is 8.31. The Morgan fingerprint density at radius 3 is 2.74 bits per heavy atom. The molecule has 0 saturated carbocycles. The lowest BCUT2D eigenvalue weighted by Crippen LogP contribution is -2.44. The fraction of sp³-hybridized carbons (Fsp3) is 0.562. The molecular formula is C16H25N3O3S. The molecule has 0 radical (unpaired) electrons. The van der Waals surface area contributed by atoms with Crippen molar-refractivity contribution in [2.45, 2.75) is 31.9 Å². The van der Waals surface area contributed by atoms with E-state index >= 15 is 0 Å². The zero-order valence-electron chi connectivity index (χ0n) is 13.4. The van der Waals surface area contributed by atoms with Gasteiger partial charge in [0.1, 0.15) is 0 Å². The molecule has 1 aliphatic rings. The Balaban J connectivity index is 1.88. The average molecular weight is 339 g/mol. The number of benzene rings is 1. The lowest BCUT2D eigenvalue weighted by atomic mass is 10.1. The molecule has 2 rings (SSSR count). The number of aliphatic hydroxyl groups excluding tert-OH is 1. The molecule has 0 amide bonds. The van der Waals surface area contributed by atoms with E-state index in [0.717, 1.165) is 5.56 Å². The van der Waals surface area contributed by atoms with E-state index < -0.39 is 15.9 Å². The Labute approximate surface area is 137 Å². The van der Waals surface area contributed by atoms with Crippen LogP contribution in [0.5, 0.6) is 0 Å². The average Bonchev–Trinajstić information content (AvgIpc) is 2.85. The van der Waals surface area contributed by atoms with Crippen LogP contribution in [0.25, 0.3) is 0 Å². The zero-order valence-corrected chi connectivity index (χ0v) is 14.2. The van der Waals surface area contributed by atoms with E-state index in [0.29, 0.717) is 25.3 Å². The predicted molar refractivity (Wildman–Crippen MR) is 92.3 cm³/mol. The number of nitrogens with zero attached hydrogens (tertiary/aromatic N) is 1. The van der Waals surface area contributed by atoms with Crippen molar-refractivity contribution in [2.75, 3.05) is 24.6 Å². The summed E-state index contributed by atoms with van der Waals surface area (Å²) in [5.41, 5.74) is 1.06. The number of aliphatic imine (C=N–C) groups is 1. The molecule has 1 aromatic carbocycles. The van der Waals surface area contributed by atoms with Crippen molar-refractivity contribution < 1.29 is 13.5 Å². The monoisotopic (exact) mass is 339 g/mol. The Hall–Kier alpha value is -1.60. The van der Waals surface area contributed by atoms with E-state index in [1.807, 2.05) is 37.3 Å². The Kier molecular flexibility index (Phi) is 6.41. The van der Waals surface area contributed by atoms with Crippen LogP contribution >= 0.6 is 0 Å². The molecule has 1 aromatic rings. The molecule has 1 aliphatic heterocycles. The van der Waals surface area contributed by atoms with E-state index in [2.05, 4.69) is 15.6 Å². The van der Waals surface area contributed by atoms with Crippen molar-refractivity contribution in [1.82, 2.24) is 10.6 Å². The lowest BCUT2D eigenvalue weighted by Gasteiger charge is -2.16. The number of hydrogen-bond acceptors (Lipinski definition) is 4. The van der Waals surface area contributed by atoms with Gasteiger partial charge in [0.25, 0.3) is 0 Å². The zero-order chi connectivity index (χ0) is 16.7. The molecule has 7 heteroatoms. The van der Waals surface area contributed by atoms with Gasteiger partial charge in [-0.3, -0.25) is 4.99 Å². The van der Waals surface area contributed by atoms with E-state index in [1.54, 1.807) is 0 Å². The molecule has 0 spiro atoms. The molecule has 6 nitrogen and oxygen atoms in total. The summed E-state index contributed by atoms with van der Waals surface area (Å²) in [5.74, 6) is 0.923. The summed E-state index contributed by atoms with van der Waals surface area (Å²) >= 11 is 0. The summed E-state index contributed by atoms with van der Waals surface area (Å²) in [6.45, 7) is 2.90. The predicted octanol–water partition coefficient (Wildman–Crippen LogP) is 0.332. The van der Waals surface area contributed by atoms with Crippen molar-refractivity contribution in [2.24, 2.45) is 4.99 Å². The Morgan fingerprint density at radius 1 is 1.39 bits per heavy atom. The topological polar surface area (TPSA) is 90.8 Å². The van der Waals surface area contributed by atoms with E-state index in [4.69, 9.17) is 0 Å². The van der Waals surface area contributed by atoms with Crippen LogP contribution in [0.3, 0.4) is 0 Å². The number of sulfone groups is 1. The minimum atomic E-state index is -2.92. The van der Waals surface area contributed by atoms with Crippen LogP contribution in [0, 0.1) is 0 Å². The highest BCUT2D eigenvalue weighted by Crippen LogP contribution is 2.11. The largest absolute Gasteiger partial charge is 0.391 e. The van der Waals surface area contributed by atoms with E-state index in [-0.39, 0.29) is 24.1 Å². The maximum Gasteiger partial charge on any atom is 0.191 e. The van der Waals surface area contributed by atoms with E-state index in [1.165, 1.54) is 0 Å². The molecule has 1 heterocycles. The summed E-state index contributed by atoms with van der Waals surface area (Å²) in [7, 11) is -2.92. The van der Waals surface area contributed by atoms with Gasteiger partial charge in [-0.2, -0.15) is 0 Å². The van der Waals surface area contributed by atoms with Crippen LogP contribution in [0.4, 0.5) is 0 Å². The third-order valence-electron chi connectivity index (χ3n) is 3.69. The van der Waals surface area contributed by atoms with Gasteiger partial charge in [-0.1, -0.05) is 30.3 Å². The molecule has 1 saturated heterocycles.